The summed E-state index contributed by atoms with van der Waals surface area (Å²) in [6, 6.07) is 12.7. The molecule has 5 fully saturated rings. The molecule has 0 aromatic heterocycles. The molecule has 0 spiro atoms. The third kappa shape index (κ3) is 4.74. The van der Waals surface area contributed by atoms with Crippen molar-refractivity contribution in [2.24, 2.45) is 23.7 Å². The van der Waals surface area contributed by atoms with Crippen molar-refractivity contribution in [2.75, 3.05) is 11.6 Å². The van der Waals surface area contributed by atoms with Crippen LogP contribution in [0.25, 0.3) is 0 Å². The number of hydrogen-bond donors (Lipinski definition) is 2. The van der Waals surface area contributed by atoms with E-state index in [2.05, 4.69) is 10.6 Å². The molecule has 2 N–H and O–H groups in total. The highest BCUT2D eigenvalue weighted by atomic mass is 35.5. The maximum absolute atomic E-state index is 15.0. The number of benzene rings is 2. The fraction of sp³-hybridized carbons (Fsp3) is 0.533. The summed E-state index contributed by atoms with van der Waals surface area (Å²) in [6.07, 6.45) is 8.05. The Labute approximate surface area is 228 Å². The molecule has 38 heavy (non-hydrogen) atoms. The van der Waals surface area contributed by atoms with Crippen LogP contribution in [0, 0.1) is 29.5 Å². The van der Waals surface area contributed by atoms with E-state index >= 15 is 4.39 Å². The van der Waals surface area contributed by atoms with Gasteiger partial charge in [0.15, 0.2) is 0 Å². The molecule has 202 valence electrons. The van der Waals surface area contributed by atoms with Crippen LogP contribution in [0.4, 0.5) is 14.9 Å². The SMILES string of the molecule is C[C@H](NC(=O)NC1C2CCC3CC(C2)CC1C3)C(=O)N1CCC(c2ccccc2Cl)N1c1ccccc1F. The highest BCUT2D eigenvalue weighted by Gasteiger charge is 2.46. The van der Waals surface area contributed by atoms with E-state index in [1.807, 2.05) is 24.3 Å². The van der Waals surface area contributed by atoms with Gasteiger partial charge in [-0.3, -0.25) is 14.8 Å². The summed E-state index contributed by atoms with van der Waals surface area (Å²) in [4.78, 5) is 26.8. The van der Waals surface area contributed by atoms with Crippen LogP contribution in [-0.4, -0.2) is 35.6 Å². The van der Waals surface area contributed by atoms with Crippen molar-refractivity contribution in [3.63, 3.8) is 0 Å². The highest BCUT2D eigenvalue weighted by Crippen LogP contribution is 2.51. The third-order valence-electron chi connectivity index (χ3n) is 9.34. The first-order chi connectivity index (χ1) is 18.4. The van der Waals surface area contributed by atoms with E-state index in [-0.39, 0.29) is 24.0 Å². The summed E-state index contributed by atoms with van der Waals surface area (Å²) < 4.78 is 15.0. The summed E-state index contributed by atoms with van der Waals surface area (Å²) in [5, 5.41) is 10.0. The van der Waals surface area contributed by atoms with E-state index in [0.717, 1.165) is 17.4 Å². The number of amides is 3. The minimum absolute atomic E-state index is 0.185. The molecular weight excluding hydrogens is 503 g/mol. The molecule has 0 radical (unpaired) electrons. The molecule has 4 aliphatic carbocycles. The van der Waals surface area contributed by atoms with E-state index in [0.29, 0.717) is 35.5 Å². The Kier molecular flexibility index (Phi) is 6.97. The number of fused-ring (bicyclic) bond motifs is 1. The Balaban J connectivity index is 1.18. The molecule has 8 heteroatoms. The number of rotatable bonds is 5. The molecule has 5 aliphatic rings. The fourth-order valence-electron chi connectivity index (χ4n) is 7.78. The van der Waals surface area contributed by atoms with Crippen molar-refractivity contribution in [3.05, 3.63) is 64.9 Å². The maximum atomic E-state index is 15.0. The van der Waals surface area contributed by atoms with Crippen LogP contribution in [0.1, 0.15) is 63.5 Å². The monoisotopic (exact) mass is 538 g/mol. The maximum Gasteiger partial charge on any atom is 0.315 e. The first kappa shape index (κ1) is 25.5. The zero-order chi connectivity index (χ0) is 26.4. The van der Waals surface area contributed by atoms with Crippen LogP contribution in [0.15, 0.2) is 48.5 Å². The second-order valence-electron chi connectivity index (χ2n) is 11.7. The van der Waals surface area contributed by atoms with Gasteiger partial charge in [0.25, 0.3) is 5.91 Å². The molecule has 1 aliphatic heterocycles. The number of anilines is 1. The van der Waals surface area contributed by atoms with Gasteiger partial charge in [-0.1, -0.05) is 48.4 Å². The zero-order valence-electron chi connectivity index (χ0n) is 21.8. The first-order valence-electron chi connectivity index (χ1n) is 14.1. The molecule has 6 unspecified atom stereocenters. The highest BCUT2D eigenvalue weighted by molar-refractivity contribution is 6.31. The van der Waals surface area contributed by atoms with Gasteiger partial charge >= 0.3 is 6.03 Å². The molecule has 7 atom stereocenters. The molecule has 4 saturated carbocycles. The number of para-hydroxylation sites is 1. The Hall–Kier alpha value is -2.80. The molecule has 1 heterocycles. The van der Waals surface area contributed by atoms with Crippen molar-refractivity contribution in [1.82, 2.24) is 15.6 Å². The van der Waals surface area contributed by atoms with E-state index < -0.39 is 11.9 Å². The van der Waals surface area contributed by atoms with Crippen LogP contribution in [0.3, 0.4) is 0 Å². The average molecular weight is 539 g/mol. The lowest BCUT2D eigenvalue weighted by Crippen LogP contribution is -2.57. The Morgan fingerprint density at radius 2 is 1.68 bits per heavy atom. The lowest BCUT2D eigenvalue weighted by atomic mass is 9.65. The number of urea groups is 1. The quantitative estimate of drug-likeness (QED) is 0.485. The Bertz CT molecular complexity index is 1200. The van der Waals surface area contributed by atoms with Crippen LogP contribution in [-0.2, 0) is 4.79 Å². The van der Waals surface area contributed by atoms with Crippen molar-refractivity contribution < 1.29 is 14.0 Å². The molecule has 6 nitrogen and oxygen atoms in total. The Morgan fingerprint density at radius 3 is 2.50 bits per heavy atom. The van der Waals surface area contributed by atoms with Crippen LogP contribution < -0.4 is 15.6 Å². The van der Waals surface area contributed by atoms with Gasteiger partial charge in [-0.25, -0.2) is 9.18 Å². The standard InChI is InChI=1S/C30H36ClFN4O2/c1-18(33-30(38)34-28-21-11-10-19-14-20(16-21)17-22(28)15-19)29(37)35-13-12-26(23-6-2-3-7-24(23)31)36(35)27-9-5-4-8-25(27)32/h2-9,18-22,26,28H,10-17H2,1H3,(H2,33,34,38)/t18-,19?,20?,21?,22?,26?,28?/m0/s1. The molecule has 3 amide bonds. The average Bonchev–Trinajstić information content (AvgIpc) is 3.22. The van der Waals surface area contributed by atoms with Gasteiger partial charge in [0, 0.05) is 17.6 Å². The largest absolute Gasteiger partial charge is 0.335 e. The van der Waals surface area contributed by atoms with Crippen molar-refractivity contribution >= 4 is 29.2 Å². The van der Waals surface area contributed by atoms with Gasteiger partial charge in [-0.15, -0.1) is 0 Å². The number of carbonyl (C=O) groups is 2. The lowest BCUT2D eigenvalue weighted by Gasteiger charge is -2.44. The summed E-state index contributed by atoms with van der Waals surface area (Å²) >= 11 is 6.52. The van der Waals surface area contributed by atoms with Crippen molar-refractivity contribution in [2.45, 2.75) is 70.0 Å². The molecule has 2 aromatic carbocycles. The summed E-state index contributed by atoms with van der Waals surface area (Å²) in [6.45, 7) is 2.10. The molecule has 1 saturated heterocycles. The number of hydrazine groups is 1. The van der Waals surface area contributed by atoms with Gasteiger partial charge in [0.1, 0.15) is 11.9 Å². The van der Waals surface area contributed by atoms with Crippen LogP contribution in [0.5, 0.6) is 0 Å². The first-order valence-corrected chi connectivity index (χ1v) is 14.4. The number of carbonyl (C=O) groups excluding carboxylic acids is 2. The molecular formula is C30H36ClFN4O2. The molecule has 7 rings (SSSR count). The predicted molar refractivity (Wildman–Crippen MR) is 146 cm³/mol. The van der Waals surface area contributed by atoms with Crippen molar-refractivity contribution in [1.29, 1.82) is 0 Å². The van der Waals surface area contributed by atoms with Crippen molar-refractivity contribution in [3.8, 4) is 0 Å². The second kappa shape index (κ2) is 10.4. The topological polar surface area (TPSA) is 64.7 Å². The van der Waals surface area contributed by atoms with Gasteiger partial charge in [0.2, 0.25) is 0 Å². The van der Waals surface area contributed by atoms with E-state index in [1.165, 1.54) is 44.6 Å². The number of hydrogen-bond acceptors (Lipinski definition) is 3. The van der Waals surface area contributed by atoms with Gasteiger partial charge in [-0.05, 0) is 92.9 Å². The summed E-state index contributed by atoms with van der Waals surface area (Å²) in [5.41, 5.74) is 1.15. The summed E-state index contributed by atoms with van der Waals surface area (Å²) in [7, 11) is 0. The van der Waals surface area contributed by atoms with Gasteiger partial charge < -0.3 is 10.6 Å². The molecule has 2 aromatic rings. The normalized spacial score (nSPS) is 30.7. The third-order valence-corrected chi connectivity index (χ3v) is 9.68. The Morgan fingerprint density at radius 1 is 0.947 bits per heavy atom. The smallest absolute Gasteiger partial charge is 0.315 e. The fourth-order valence-corrected chi connectivity index (χ4v) is 8.04. The number of nitrogens with one attached hydrogen (secondary N) is 2. The zero-order valence-corrected chi connectivity index (χ0v) is 22.5. The van der Waals surface area contributed by atoms with E-state index in [1.54, 1.807) is 35.1 Å². The van der Waals surface area contributed by atoms with E-state index in [9.17, 15) is 9.59 Å². The minimum atomic E-state index is -0.770. The number of halogens is 2. The summed E-state index contributed by atoms with van der Waals surface area (Å²) in [5.74, 6) is 2.02. The second-order valence-corrected chi connectivity index (χ2v) is 12.1. The number of nitrogens with zero attached hydrogens (tertiary/aromatic N) is 2. The molecule has 4 bridgehead atoms. The van der Waals surface area contributed by atoms with Crippen LogP contribution >= 0.6 is 11.6 Å². The minimum Gasteiger partial charge on any atom is -0.335 e. The lowest BCUT2D eigenvalue weighted by molar-refractivity contribution is -0.132. The van der Waals surface area contributed by atoms with Gasteiger partial charge in [-0.2, -0.15) is 0 Å². The van der Waals surface area contributed by atoms with Crippen LogP contribution in [0.2, 0.25) is 5.02 Å². The predicted octanol–water partition coefficient (Wildman–Crippen LogP) is 6.08. The van der Waals surface area contributed by atoms with E-state index in [4.69, 9.17) is 11.6 Å². The van der Waals surface area contributed by atoms with Gasteiger partial charge in [0.05, 0.1) is 11.7 Å².